The highest BCUT2D eigenvalue weighted by molar-refractivity contribution is 14.1. The summed E-state index contributed by atoms with van der Waals surface area (Å²) in [6.45, 7) is 0. The molecule has 0 bridgehead atoms. The Morgan fingerprint density at radius 2 is 2.00 bits per heavy atom. The van der Waals surface area contributed by atoms with E-state index in [4.69, 9.17) is 0 Å². The van der Waals surface area contributed by atoms with Gasteiger partial charge in [0.2, 0.25) is 0 Å². The number of aromatic nitrogens is 4. The Labute approximate surface area is 89.5 Å². The zero-order chi connectivity index (χ0) is 9.10. The Hall–Kier alpha value is -0.980. The largest absolute Gasteiger partial charge is 0.168 e. The third-order valence-electron chi connectivity index (χ3n) is 1.70. The molecule has 2 rings (SSSR count). The average Bonchev–Trinajstić information content (AvgIpc) is 2.54. The second kappa shape index (κ2) is 3.82. The van der Waals surface area contributed by atoms with E-state index in [1.807, 2.05) is 18.2 Å². The van der Waals surface area contributed by atoms with E-state index in [2.05, 4.69) is 50.5 Å². The molecule has 0 radical (unpaired) electrons. The fraction of sp³-hybridized carbons (Fsp3) is 0.125. The van der Waals surface area contributed by atoms with Crippen LogP contribution in [0, 0.1) is 0 Å². The number of hydrogen-bond acceptors (Lipinski definition) is 3. The van der Waals surface area contributed by atoms with Gasteiger partial charge in [0.15, 0.2) is 5.82 Å². The molecule has 0 spiro atoms. The van der Waals surface area contributed by atoms with Crippen LogP contribution in [0.4, 0.5) is 0 Å². The lowest BCUT2D eigenvalue weighted by molar-refractivity contribution is 0.869. The standard InChI is InChI=1S/C8H7IN4/c9-13-8(10-11-12-13)6-7-4-2-1-3-5-7/h1-5H,6H2. The maximum Gasteiger partial charge on any atom is 0.166 e. The van der Waals surface area contributed by atoms with Crippen molar-refractivity contribution < 1.29 is 0 Å². The Morgan fingerprint density at radius 1 is 1.23 bits per heavy atom. The molecule has 0 atom stereocenters. The molecule has 0 saturated heterocycles. The van der Waals surface area contributed by atoms with Gasteiger partial charge >= 0.3 is 0 Å². The van der Waals surface area contributed by atoms with Crippen LogP contribution in [0.1, 0.15) is 11.4 Å². The SMILES string of the molecule is In1nnnc1Cc1ccccc1. The van der Waals surface area contributed by atoms with Crippen LogP contribution in [0.15, 0.2) is 30.3 Å². The molecule has 4 nitrogen and oxygen atoms in total. The van der Waals surface area contributed by atoms with Crippen molar-refractivity contribution in [1.82, 2.24) is 18.4 Å². The maximum atomic E-state index is 3.91. The van der Waals surface area contributed by atoms with E-state index >= 15 is 0 Å². The summed E-state index contributed by atoms with van der Waals surface area (Å²) in [5.41, 5.74) is 1.22. The van der Waals surface area contributed by atoms with Crippen LogP contribution in [0.5, 0.6) is 0 Å². The summed E-state index contributed by atoms with van der Waals surface area (Å²) in [6.07, 6.45) is 0.775. The molecule has 0 aliphatic rings. The van der Waals surface area contributed by atoms with Crippen molar-refractivity contribution in [2.75, 3.05) is 0 Å². The molecular formula is C8H7IN4. The van der Waals surface area contributed by atoms with Gasteiger partial charge in [-0.15, -0.1) is 5.10 Å². The quantitative estimate of drug-likeness (QED) is 0.785. The molecule has 5 heteroatoms. The molecule has 2 aromatic rings. The van der Waals surface area contributed by atoms with E-state index in [0.29, 0.717) is 0 Å². The zero-order valence-electron chi connectivity index (χ0n) is 6.76. The Morgan fingerprint density at radius 3 is 2.62 bits per heavy atom. The van der Waals surface area contributed by atoms with Crippen molar-refractivity contribution in [3.63, 3.8) is 0 Å². The van der Waals surface area contributed by atoms with Crippen LogP contribution in [0.25, 0.3) is 0 Å². The lowest BCUT2D eigenvalue weighted by Gasteiger charge is -1.96. The van der Waals surface area contributed by atoms with Crippen LogP contribution >= 0.6 is 22.9 Å². The van der Waals surface area contributed by atoms with E-state index < -0.39 is 0 Å². The number of rotatable bonds is 2. The minimum Gasteiger partial charge on any atom is -0.168 e. The highest BCUT2D eigenvalue weighted by Gasteiger charge is 2.03. The first-order valence-corrected chi connectivity index (χ1v) is 4.80. The summed E-state index contributed by atoms with van der Waals surface area (Å²) in [5.74, 6) is 0.867. The first-order valence-electron chi connectivity index (χ1n) is 3.83. The summed E-state index contributed by atoms with van der Waals surface area (Å²) < 4.78 is 1.66. The Kier molecular flexibility index (Phi) is 2.53. The maximum absolute atomic E-state index is 3.91. The monoisotopic (exact) mass is 286 g/mol. The van der Waals surface area contributed by atoms with E-state index in [-0.39, 0.29) is 0 Å². The molecular weight excluding hydrogens is 279 g/mol. The minimum atomic E-state index is 0.775. The molecule has 0 aliphatic carbocycles. The van der Waals surface area contributed by atoms with Gasteiger partial charge in [-0.1, -0.05) is 30.3 Å². The first kappa shape index (κ1) is 8.61. The molecule has 1 aromatic carbocycles. The lowest BCUT2D eigenvalue weighted by Crippen LogP contribution is -1.95. The predicted octanol–water partition coefficient (Wildman–Crippen LogP) is 1.46. The number of halogens is 1. The Bertz CT molecular complexity index is 384. The van der Waals surface area contributed by atoms with Crippen LogP contribution in [0.2, 0.25) is 0 Å². The molecule has 1 aromatic heterocycles. The van der Waals surface area contributed by atoms with Gasteiger partial charge in [-0.25, -0.2) is 0 Å². The summed E-state index contributed by atoms with van der Waals surface area (Å²) in [4.78, 5) is 0. The van der Waals surface area contributed by atoms with Crippen molar-refractivity contribution in [2.24, 2.45) is 0 Å². The number of tetrazole rings is 1. The van der Waals surface area contributed by atoms with Gasteiger partial charge in [0.1, 0.15) is 0 Å². The van der Waals surface area contributed by atoms with Gasteiger partial charge in [0.25, 0.3) is 0 Å². The van der Waals surface area contributed by atoms with Gasteiger partial charge in [-0.05, 0) is 16.0 Å². The van der Waals surface area contributed by atoms with Crippen LogP contribution in [0.3, 0.4) is 0 Å². The molecule has 0 unspecified atom stereocenters. The molecule has 0 saturated carbocycles. The second-order valence-corrected chi connectivity index (χ2v) is 3.53. The first-order chi connectivity index (χ1) is 6.36. The highest BCUT2D eigenvalue weighted by atomic mass is 127. The number of hydrogen-bond donors (Lipinski definition) is 0. The smallest absolute Gasteiger partial charge is 0.166 e. The Balaban J connectivity index is 2.20. The van der Waals surface area contributed by atoms with Gasteiger partial charge in [-0.3, -0.25) is 0 Å². The predicted molar refractivity (Wildman–Crippen MR) is 56.5 cm³/mol. The number of benzene rings is 1. The third kappa shape index (κ3) is 2.03. The summed E-state index contributed by atoms with van der Waals surface area (Å²) in [7, 11) is 0. The van der Waals surface area contributed by atoms with Crippen molar-refractivity contribution in [3.05, 3.63) is 41.7 Å². The third-order valence-corrected chi connectivity index (χ3v) is 2.45. The summed E-state index contributed by atoms with van der Waals surface area (Å²) in [5, 5.41) is 11.2. The highest BCUT2D eigenvalue weighted by Crippen LogP contribution is 2.06. The van der Waals surface area contributed by atoms with Crippen LogP contribution in [-0.2, 0) is 6.42 Å². The van der Waals surface area contributed by atoms with Crippen molar-refractivity contribution in [2.45, 2.75) is 6.42 Å². The molecule has 0 N–H and O–H groups in total. The van der Waals surface area contributed by atoms with Crippen molar-refractivity contribution in [1.29, 1.82) is 0 Å². The van der Waals surface area contributed by atoms with Gasteiger partial charge in [0.05, 0.1) is 22.9 Å². The summed E-state index contributed by atoms with van der Waals surface area (Å²) in [6, 6.07) is 10.1. The van der Waals surface area contributed by atoms with E-state index in [9.17, 15) is 0 Å². The zero-order valence-corrected chi connectivity index (χ0v) is 8.92. The lowest BCUT2D eigenvalue weighted by atomic mass is 10.1. The average molecular weight is 286 g/mol. The van der Waals surface area contributed by atoms with Crippen LogP contribution < -0.4 is 0 Å². The van der Waals surface area contributed by atoms with Crippen LogP contribution in [-0.4, -0.2) is 18.4 Å². The molecule has 66 valence electrons. The molecule has 0 fully saturated rings. The fourth-order valence-corrected chi connectivity index (χ4v) is 1.43. The molecule has 13 heavy (non-hydrogen) atoms. The van der Waals surface area contributed by atoms with E-state index in [1.165, 1.54) is 5.56 Å². The fourth-order valence-electron chi connectivity index (χ4n) is 1.07. The normalized spacial score (nSPS) is 10.2. The molecule has 1 heterocycles. The number of nitrogens with zero attached hydrogens (tertiary/aromatic N) is 4. The van der Waals surface area contributed by atoms with E-state index in [0.717, 1.165) is 12.2 Å². The van der Waals surface area contributed by atoms with Gasteiger partial charge in [0, 0.05) is 6.42 Å². The van der Waals surface area contributed by atoms with Crippen molar-refractivity contribution >= 4 is 22.9 Å². The second-order valence-electron chi connectivity index (χ2n) is 2.62. The minimum absolute atomic E-state index is 0.775. The molecule has 0 aliphatic heterocycles. The van der Waals surface area contributed by atoms with E-state index in [1.54, 1.807) is 2.90 Å². The topological polar surface area (TPSA) is 43.6 Å². The summed E-state index contributed by atoms with van der Waals surface area (Å²) >= 11 is 2.06. The van der Waals surface area contributed by atoms with Gasteiger partial charge < -0.3 is 0 Å². The van der Waals surface area contributed by atoms with Gasteiger partial charge in [-0.2, -0.15) is 2.90 Å². The molecule has 0 amide bonds. The van der Waals surface area contributed by atoms with Crippen molar-refractivity contribution in [3.8, 4) is 0 Å².